The van der Waals surface area contributed by atoms with Crippen LogP contribution < -0.4 is 10.5 Å². The van der Waals surface area contributed by atoms with Crippen LogP contribution in [-0.4, -0.2) is 65.9 Å². The van der Waals surface area contributed by atoms with Gasteiger partial charge in [-0.1, -0.05) is 41.9 Å². The maximum absolute atomic E-state index is 13.6. The number of piperazine rings is 1. The van der Waals surface area contributed by atoms with Gasteiger partial charge >= 0.3 is 0 Å². The molecule has 2 aliphatic heterocycles. The van der Waals surface area contributed by atoms with Crippen LogP contribution >= 0.6 is 11.6 Å². The summed E-state index contributed by atoms with van der Waals surface area (Å²) >= 11 is 6.38. The molecule has 0 bridgehead atoms. The summed E-state index contributed by atoms with van der Waals surface area (Å²) in [6.07, 6.45) is 3.05. The molecule has 1 N–H and O–H groups in total. The van der Waals surface area contributed by atoms with Crippen LogP contribution in [0.15, 0.2) is 76.1 Å². The summed E-state index contributed by atoms with van der Waals surface area (Å²) in [5, 5.41) is 1.46. The summed E-state index contributed by atoms with van der Waals surface area (Å²) in [6.45, 7) is 3.03. The van der Waals surface area contributed by atoms with E-state index >= 15 is 0 Å². The van der Waals surface area contributed by atoms with E-state index in [0.717, 1.165) is 34.9 Å². The number of halogens is 1. The largest absolute Gasteiger partial charge is 0.459 e. The molecule has 2 amide bonds. The Morgan fingerprint density at radius 3 is 2.44 bits per heavy atom. The average molecular weight is 545 g/mol. The number of rotatable bonds is 4. The fourth-order valence-electron chi connectivity index (χ4n) is 5.78. The number of hydrogen-bond acceptors (Lipinski definition) is 5. The van der Waals surface area contributed by atoms with Crippen LogP contribution in [0.5, 0.6) is 0 Å². The number of amides is 2. The number of carbonyl (C=O) groups is 2. The lowest BCUT2D eigenvalue weighted by atomic mass is 9.93. The Labute approximate surface area is 230 Å². The topological polar surface area (TPSA) is 89.9 Å². The Hall–Kier alpha value is -4.04. The molecule has 4 aromatic rings. The lowest BCUT2D eigenvalue weighted by Gasteiger charge is -2.39. The predicted molar refractivity (Wildman–Crippen MR) is 151 cm³/mol. The van der Waals surface area contributed by atoms with Crippen LogP contribution in [-0.2, 0) is 4.79 Å². The van der Waals surface area contributed by atoms with Crippen molar-refractivity contribution in [3.63, 3.8) is 0 Å². The van der Waals surface area contributed by atoms with E-state index in [1.165, 1.54) is 6.26 Å². The molecule has 39 heavy (non-hydrogen) atoms. The number of piperidine rings is 1. The quantitative estimate of drug-likeness (QED) is 0.404. The molecule has 0 radical (unpaired) electrons. The Kier molecular flexibility index (Phi) is 6.87. The number of nitrogens with one attached hydrogen (secondary N) is 1. The van der Waals surface area contributed by atoms with Gasteiger partial charge in [0, 0.05) is 60.8 Å². The highest BCUT2D eigenvalue weighted by Gasteiger charge is 2.34. The van der Waals surface area contributed by atoms with Crippen molar-refractivity contribution < 1.29 is 14.0 Å². The van der Waals surface area contributed by atoms with Gasteiger partial charge in [0.15, 0.2) is 5.76 Å². The molecule has 8 nitrogen and oxygen atoms in total. The van der Waals surface area contributed by atoms with Crippen molar-refractivity contribution in [3.05, 3.63) is 88.1 Å². The number of anilines is 1. The van der Waals surface area contributed by atoms with Gasteiger partial charge in [0.05, 0.1) is 12.2 Å². The zero-order valence-electron chi connectivity index (χ0n) is 21.4. The molecular formula is C30H29ClN4O4. The Balaban J connectivity index is 1.25. The molecule has 6 rings (SSSR count). The van der Waals surface area contributed by atoms with Gasteiger partial charge in [-0.05, 0) is 48.7 Å². The first-order valence-electron chi connectivity index (χ1n) is 13.3. The molecule has 0 saturated carbocycles. The lowest BCUT2D eigenvalue weighted by Crippen LogP contribution is -2.54. The normalized spacial score (nSPS) is 18.0. The van der Waals surface area contributed by atoms with Crippen molar-refractivity contribution in [2.75, 3.05) is 44.2 Å². The smallest absolute Gasteiger partial charge is 0.289 e. The second kappa shape index (κ2) is 10.6. The zero-order chi connectivity index (χ0) is 26.9. The first kappa shape index (κ1) is 25.2. The summed E-state index contributed by atoms with van der Waals surface area (Å²) < 4.78 is 5.24. The maximum Gasteiger partial charge on any atom is 0.289 e. The van der Waals surface area contributed by atoms with E-state index in [2.05, 4.69) is 9.88 Å². The number of benzene rings is 2. The molecule has 2 saturated heterocycles. The van der Waals surface area contributed by atoms with E-state index in [4.69, 9.17) is 16.0 Å². The third kappa shape index (κ3) is 4.92. The first-order valence-corrected chi connectivity index (χ1v) is 13.6. The van der Waals surface area contributed by atoms with E-state index in [9.17, 15) is 14.4 Å². The van der Waals surface area contributed by atoms with Gasteiger partial charge in [0.25, 0.3) is 11.5 Å². The van der Waals surface area contributed by atoms with Gasteiger partial charge in [0.1, 0.15) is 5.69 Å². The molecule has 2 aromatic carbocycles. The van der Waals surface area contributed by atoms with Crippen molar-refractivity contribution >= 4 is 40.0 Å². The number of furan rings is 1. The fraction of sp³-hybridized carbons (Fsp3) is 0.300. The minimum absolute atomic E-state index is 0.0753. The number of carbonyl (C=O) groups excluding carboxylic acids is 2. The molecule has 1 atom stereocenters. The highest BCUT2D eigenvalue weighted by molar-refractivity contribution is 6.31. The molecule has 4 heterocycles. The summed E-state index contributed by atoms with van der Waals surface area (Å²) in [7, 11) is 0. The SMILES string of the molecule is O=C(c1ccco1)N1CCN(C(=O)[C@H]2CCCN(c3c(-c4ccccc4)c4cc(Cl)ccc4[nH]c3=O)C2)CC1. The third-order valence-corrected chi connectivity index (χ3v) is 7.95. The molecule has 0 aliphatic carbocycles. The summed E-state index contributed by atoms with van der Waals surface area (Å²) in [6, 6.07) is 18.7. The second-order valence-corrected chi connectivity index (χ2v) is 10.6. The number of fused-ring (bicyclic) bond motifs is 1. The third-order valence-electron chi connectivity index (χ3n) is 7.71. The highest BCUT2D eigenvalue weighted by Crippen LogP contribution is 2.37. The Bertz CT molecular complexity index is 1560. The maximum atomic E-state index is 13.6. The van der Waals surface area contributed by atoms with Gasteiger partial charge in [-0.25, -0.2) is 0 Å². The minimum Gasteiger partial charge on any atom is -0.459 e. The van der Waals surface area contributed by atoms with E-state index in [1.807, 2.05) is 47.4 Å². The second-order valence-electron chi connectivity index (χ2n) is 10.1. The standard InChI is InChI=1S/C30H29ClN4O4/c31-22-10-11-24-23(18-22)26(20-6-2-1-3-7-20)27(28(36)32-24)35-12-4-8-21(19-35)29(37)33-13-15-34(16-14-33)30(38)25-9-5-17-39-25/h1-3,5-7,9-11,17-18,21H,4,8,12-16,19H2,(H,32,36)/t21-/m0/s1. The molecule has 0 unspecified atom stereocenters. The number of nitrogens with zero attached hydrogens (tertiary/aromatic N) is 3. The van der Waals surface area contributed by atoms with Gasteiger partial charge in [-0.2, -0.15) is 0 Å². The molecule has 200 valence electrons. The van der Waals surface area contributed by atoms with Crippen LogP contribution in [0.3, 0.4) is 0 Å². The van der Waals surface area contributed by atoms with E-state index in [-0.39, 0.29) is 23.3 Å². The van der Waals surface area contributed by atoms with Crippen LogP contribution in [0.1, 0.15) is 23.4 Å². The number of hydrogen-bond donors (Lipinski definition) is 1. The Morgan fingerprint density at radius 2 is 1.69 bits per heavy atom. The first-order chi connectivity index (χ1) is 19.0. The molecule has 2 fully saturated rings. The lowest BCUT2D eigenvalue weighted by molar-refractivity contribution is -0.137. The van der Waals surface area contributed by atoms with Crippen molar-refractivity contribution in [1.29, 1.82) is 0 Å². The van der Waals surface area contributed by atoms with Crippen molar-refractivity contribution in [2.45, 2.75) is 12.8 Å². The van der Waals surface area contributed by atoms with Gasteiger partial charge < -0.3 is 24.1 Å². The zero-order valence-corrected chi connectivity index (χ0v) is 22.2. The predicted octanol–water partition coefficient (Wildman–Crippen LogP) is 4.64. The van der Waals surface area contributed by atoms with Crippen molar-refractivity contribution in [2.24, 2.45) is 5.92 Å². The van der Waals surface area contributed by atoms with Gasteiger partial charge in [0.2, 0.25) is 5.91 Å². The molecule has 0 spiro atoms. The fourth-order valence-corrected chi connectivity index (χ4v) is 5.95. The number of H-pyrrole nitrogens is 1. The molecular weight excluding hydrogens is 516 g/mol. The number of pyridine rings is 1. The van der Waals surface area contributed by atoms with E-state index < -0.39 is 0 Å². The van der Waals surface area contributed by atoms with Gasteiger partial charge in [-0.15, -0.1) is 0 Å². The summed E-state index contributed by atoms with van der Waals surface area (Å²) in [4.78, 5) is 48.4. The summed E-state index contributed by atoms with van der Waals surface area (Å²) in [5.74, 6) is 0.00399. The molecule has 2 aliphatic rings. The Morgan fingerprint density at radius 1 is 0.923 bits per heavy atom. The van der Waals surface area contributed by atoms with Crippen LogP contribution in [0.25, 0.3) is 22.0 Å². The monoisotopic (exact) mass is 544 g/mol. The number of aromatic amines is 1. The minimum atomic E-state index is -0.232. The van der Waals surface area contributed by atoms with Crippen LogP contribution in [0, 0.1) is 5.92 Å². The summed E-state index contributed by atoms with van der Waals surface area (Å²) in [5.41, 5.74) is 2.87. The average Bonchev–Trinajstić information content (AvgIpc) is 3.52. The number of aromatic nitrogens is 1. The van der Waals surface area contributed by atoms with E-state index in [0.29, 0.717) is 55.7 Å². The van der Waals surface area contributed by atoms with Crippen LogP contribution in [0.4, 0.5) is 5.69 Å². The van der Waals surface area contributed by atoms with E-state index in [1.54, 1.807) is 23.1 Å². The molecule has 9 heteroatoms. The van der Waals surface area contributed by atoms with Crippen molar-refractivity contribution in [1.82, 2.24) is 14.8 Å². The highest BCUT2D eigenvalue weighted by atomic mass is 35.5. The van der Waals surface area contributed by atoms with Gasteiger partial charge in [-0.3, -0.25) is 14.4 Å². The van der Waals surface area contributed by atoms with Crippen LogP contribution in [0.2, 0.25) is 5.02 Å². The molecule has 2 aromatic heterocycles. The van der Waals surface area contributed by atoms with Crippen molar-refractivity contribution in [3.8, 4) is 11.1 Å².